The SMILES string of the molecule is Cc1ccn(C2CCNCC2)c(=O)c1C(=O)NCc1ccsc1. The van der Waals surface area contributed by atoms with Crippen molar-refractivity contribution in [1.82, 2.24) is 15.2 Å². The molecule has 2 N–H and O–H groups in total. The van der Waals surface area contributed by atoms with E-state index in [0.717, 1.165) is 37.1 Å². The fourth-order valence-electron chi connectivity index (χ4n) is 2.95. The van der Waals surface area contributed by atoms with Gasteiger partial charge in [-0.05, 0) is 66.9 Å². The zero-order chi connectivity index (χ0) is 16.2. The van der Waals surface area contributed by atoms with Gasteiger partial charge < -0.3 is 15.2 Å². The molecule has 1 saturated heterocycles. The number of hydrogen-bond donors (Lipinski definition) is 2. The van der Waals surface area contributed by atoms with E-state index in [-0.39, 0.29) is 23.1 Å². The van der Waals surface area contributed by atoms with Gasteiger partial charge in [-0.15, -0.1) is 0 Å². The van der Waals surface area contributed by atoms with Gasteiger partial charge in [-0.2, -0.15) is 11.3 Å². The van der Waals surface area contributed by atoms with E-state index in [1.54, 1.807) is 15.9 Å². The van der Waals surface area contributed by atoms with Crippen molar-refractivity contribution in [2.45, 2.75) is 32.4 Å². The lowest BCUT2D eigenvalue weighted by molar-refractivity contribution is 0.0948. The number of piperidine rings is 1. The number of aryl methyl sites for hydroxylation is 1. The van der Waals surface area contributed by atoms with Crippen LogP contribution in [0.4, 0.5) is 0 Å². The molecular formula is C17H21N3O2S. The lowest BCUT2D eigenvalue weighted by Crippen LogP contribution is -2.38. The van der Waals surface area contributed by atoms with Crippen molar-refractivity contribution in [3.05, 3.63) is 56.1 Å². The van der Waals surface area contributed by atoms with Crippen LogP contribution in [0.1, 0.15) is 40.4 Å². The fourth-order valence-corrected chi connectivity index (χ4v) is 3.62. The number of nitrogens with zero attached hydrogens (tertiary/aromatic N) is 1. The predicted molar refractivity (Wildman–Crippen MR) is 92.1 cm³/mol. The average molecular weight is 331 g/mol. The molecule has 1 aliphatic rings. The fraction of sp³-hybridized carbons (Fsp3) is 0.412. The number of pyridine rings is 1. The maximum Gasteiger partial charge on any atom is 0.263 e. The van der Waals surface area contributed by atoms with Crippen LogP contribution in [0.25, 0.3) is 0 Å². The van der Waals surface area contributed by atoms with Gasteiger partial charge >= 0.3 is 0 Å². The molecule has 1 amide bonds. The molecule has 5 nitrogen and oxygen atoms in total. The third-order valence-electron chi connectivity index (χ3n) is 4.29. The zero-order valence-corrected chi connectivity index (χ0v) is 14.0. The molecule has 23 heavy (non-hydrogen) atoms. The molecule has 0 aliphatic carbocycles. The van der Waals surface area contributed by atoms with Crippen LogP contribution in [0.2, 0.25) is 0 Å². The molecule has 0 aromatic carbocycles. The summed E-state index contributed by atoms with van der Waals surface area (Å²) in [6, 6.07) is 4.01. The van der Waals surface area contributed by atoms with Crippen molar-refractivity contribution in [3.8, 4) is 0 Å². The van der Waals surface area contributed by atoms with Crippen LogP contribution in [0, 0.1) is 6.92 Å². The van der Waals surface area contributed by atoms with Crippen molar-refractivity contribution in [3.63, 3.8) is 0 Å². The molecule has 0 atom stereocenters. The lowest BCUT2D eigenvalue weighted by atomic mass is 10.0. The summed E-state index contributed by atoms with van der Waals surface area (Å²) in [5, 5.41) is 10.1. The second-order valence-electron chi connectivity index (χ2n) is 5.88. The maximum absolute atomic E-state index is 12.8. The molecule has 0 spiro atoms. The van der Waals surface area contributed by atoms with Crippen LogP contribution in [0.15, 0.2) is 33.9 Å². The highest BCUT2D eigenvalue weighted by Gasteiger charge is 2.21. The van der Waals surface area contributed by atoms with Crippen molar-refractivity contribution >= 4 is 17.2 Å². The number of hydrogen-bond acceptors (Lipinski definition) is 4. The van der Waals surface area contributed by atoms with Gasteiger partial charge in [0.2, 0.25) is 0 Å². The van der Waals surface area contributed by atoms with E-state index in [9.17, 15) is 9.59 Å². The Bertz CT molecular complexity index is 731. The second-order valence-corrected chi connectivity index (χ2v) is 6.66. The summed E-state index contributed by atoms with van der Waals surface area (Å²) < 4.78 is 1.73. The van der Waals surface area contributed by atoms with E-state index in [1.165, 1.54) is 0 Å². The smallest absolute Gasteiger partial charge is 0.263 e. The van der Waals surface area contributed by atoms with Crippen LogP contribution >= 0.6 is 11.3 Å². The second kappa shape index (κ2) is 7.10. The highest BCUT2D eigenvalue weighted by Crippen LogP contribution is 2.17. The van der Waals surface area contributed by atoms with Crippen molar-refractivity contribution in [1.29, 1.82) is 0 Å². The number of amides is 1. The minimum absolute atomic E-state index is 0.174. The Morgan fingerprint density at radius 1 is 1.39 bits per heavy atom. The molecule has 0 radical (unpaired) electrons. The normalized spacial score (nSPS) is 15.5. The number of nitrogens with one attached hydrogen (secondary N) is 2. The topological polar surface area (TPSA) is 63.1 Å². The van der Waals surface area contributed by atoms with Gasteiger partial charge in [-0.1, -0.05) is 0 Å². The quantitative estimate of drug-likeness (QED) is 0.901. The van der Waals surface area contributed by atoms with Crippen LogP contribution in [-0.2, 0) is 6.54 Å². The summed E-state index contributed by atoms with van der Waals surface area (Å²) >= 11 is 1.59. The summed E-state index contributed by atoms with van der Waals surface area (Å²) in [7, 11) is 0. The molecule has 2 aromatic heterocycles. The maximum atomic E-state index is 12.8. The summed E-state index contributed by atoms with van der Waals surface area (Å²) in [6.45, 7) is 4.08. The molecule has 2 aromatic rings. The lowest BCUT2D eigenvalue weighted by Gasteiger charge is -2.25. The van der Waals surface area contributed by atoms with E-state index in [2.05, 4.69) is 10.6 Å². The minimum Gasteiger partial charge on any atom is -0.348 e. The Hall–Kier alpha value is -1.92. The highest BCUT2D eigenvalue weighted by atomic mass is 32.1. The molecule has 0 saturated carbocycles. The first-order chi connectivity index (χ1) is 11.2. The monoisotopic (exact) mass is 331 g/mol. The van der Waals surface area contributed by atoms with Crippen LogP contribution in [0.5, 0.6) is 0 Å². The van der Waals surface area contributed by atoms with E-state index >= 15 is 0 Å². The van der Waals surface area contributed by atoms with Crippen LogP contribution in [0.3, 0.4) is 0 Å². The molecule has 1 aliphatic heterocycles. The van der Waals surface area contributed by atoms with Gasteiger partial charge in [-0.25, -0.2) is 0 Å². The third kappa shape index (κ3) is 3.54. The standard InChI is InChI=1S/C17H21N3O2S/c1-12-4-8-20(14-2-6-18-7-3-14)17(22)15(12)16(21)19-10-13-5-9-23-11-13/h4-5,8-9,11,14,18H,2-3,6-7,10H2,1H3,(H,19,21). The van der Waals surface area contributed by atoms with Gasteiger partial charge in [-0.3, -0.25) is 9.59 Å². The molecular weight excluding hydrogens is 310 g/mol. The molecule has 1 fully saturated rings. The molecule has 0 unspecified atom stereocenters. The van der Waals surface area contributed by atoms with Gasteiger partial charge in [0.25, 0.3) is 11.5 Å². The first-order valence-corrected chi connectivity index (χ1v) is 8.83. The van der Waals surface area contributed by atoms with E-state index in [4.69, 9.17) is 0 Å². The van der Waals surface area contributed by atoms with Gasteiger partial charge in [0.05, 0.1) is 0 Å². The van der Waals surface area contributed by atoms with Gasteiger partial charge in [0.1, 0.15) is 5.56 Å². The first-order valence-electron chi connectivity index (χ1n) is 7.88. The van der Waals surface area contributed by atoms with Crippen LogP contribution in [-0.4, -0.2) is 23.6 Å². The van der Waals surface area contributed by atoms with E-state index in [0.29, 0.717) is 6.54 Å². The summed E-state index contributed by atoms with van der Waals surface area (Å²) in [4.78, 5) is 25.3. The van der Waals surface area contributed by atoms with Gasteiger partial charge in [0, 0.05) is 18.8 Å². The highest BCUT2D eigenvalue weighted by molar-refractivity contribution is 7.07. The Balaban J connectivity index is 1.82. The molecule has 0 bridgehead atoms. The molecule has 3 heterocycles. The molecule has 3 rings (SSSR count). The van der Waals surface area contributed by atoms with Crippen molar-refractivity contribution in [2.24, 2.45) is 0 Å². The minimum atomic E-state index is -0.290. The Labute approximate surface area is 139 Å². The Kier molecular flexibility index (Phi) is 4.93. The van der Waals surface area contributed by atoms with Gasteiger partial charge in [0.15, 0.2) is 0 Å². The number of thiophene rings is 1. The van der Waals surface area contributed by atoms with Crippen LogP contribution < -0.4 is 16.2 Å². The molecule has 6 heteroatoms. The summed E-state index contributed by atoms with van der Waals surface area (Å²) in [5.74, 6) is -0.290. The number of aromatic nitrogens is 1. The number of rotatable bonds is 4. The predicted octanol–water partition coefficient (Wildman–Crippen LogP) is 2.07. The van der Waals surface area contributed by atoms with E-state index in [1.807, 2.05) is 36.0 Å². The Morgan fingerprint density at radius 2 is 2.17 bits per heavy atom. The first kappa shape index (κ1) is 16.0. The average Bonchev–Trinajstić information content (AvgIpc) is 3.07. The van der Waals surface area contributed by atoms with Crippen molar-refractivity contribution in [2.75, 3.05) is 13.1 Å². The summed E-state index contributed by atoms with van der Waals surface area (Å²) in [6.07, 6.45) is 3.65. The molecule has 122 valence electrons. The Morgan fingerprint density at radius 3 is 2.87 bits per heavy atom. The summed E-state index contributed by atoms with van der Waals surface area (Å²) in [5.41, 5.74) is 1.86. The number of carbonyl (C=O) groups excluding carboxylic acids is 1. The van der Waals surface area contributed by atoms with Crippen molar-refractivity contribution < 1.29 is 4.79 Å². The third-order valence-corrected chi connectivity index (χ3v) is 5.02. The number of carbonyl (C=O) groups is 1. The van der Waals surface area contributed by atoms with E-state index < -0.39 is 0 Å². The largest absolute Gasteiger partial charge is 0.348 e. The zero-order valence-electron chi connectivity index (χ0n) is 13.2.